The second-order valence-corrected chi connectivity index (χ2v) is 6.21. The van der Waals surface area contributed by atoms with Gasteiger partial charge in [0.05, 0.1) is 19.0 Å². The number of hydrogen-bond donors (Lipinski definition) is 1. The predicted molar refractivity (Wildman–Crippen MR) is 102 cm³/mol. The summed E-state index contributed by atoms with van der Waals surface area (Å²) >= 11 is 1.52. The summed E-state index contributed by atoms with van der Waals surface area (Å²) < 4.78 is 11.3. The normalized spacial score (nSPS) is 10.8. The average Bonchev–Trinajstić information content (AvgIpc) is 3.06. The lowest BCUT2D eigenvalue weighted by molar-refractivity contribution is 0.284. The van der Waals surface area contributed by atoms with Gasteiger partial charge in [0.15, 0.2) is 11.5 Å². The summed E-state index contributed by atoms with van der Waals surface area (Å²) in [4.78, 5) is 4.30. The number of ether oxygens (including phenoxy) is 2. The van der Waals surface area contributed by atoms with Crippen molar-refractivity contribution < 1.29 is 9.47 Å². The number of aromatic nitrogens is 1. The summed E-state index contributed by atoms with van der Waals surface area (Å²) in [6, 6.07) is 15.7. The van der Waals surface area contributed by atoms with Crippen LogP contribution >= 0.6 is 11.3 Å². The lowest BCUT2D eigenvalue weighted by atomic mass is 10.2. The van der Waals surface area contributed by atoms with Crippen molar-refractivity contribution in [2.75, 3.05) is 12.5 Å². The highest BCUT2D eigenvalue weighted by molar-refractivity contribution is 7.13. The van der Waals surface area contributed by atoms with Gasteiger partial charge in [-0.2, -0.15) is 5.10 Å². The number of benzene rings is 2. The molecule has 0 aliphatic rings. The maximum atomic E-state index is 5.91. The molecule has 128 valence electrons. The first-order chi connectivity index (χ1) is 12.2. The summed E-state index contributed by atoms with van der Waals surface area (Å²) in [6.45, 7) is 2.43. The molecule has 3 aromatic rings. The van der Waals surface area contributed by atoms with E-state index in [4.69, 9.17) is 9.47 Å². The molecular weight excluding hydrogens is 334 g/mol. The van der Waals surface area contributed by atoms with E-state index in [1.54, 1.807) is 13.3 Å². The van der Waals surface area contributed by atoms with Crippen molar-refractivity contribution in [1.29, 1.82) is 0 Å². The Morgan fingerprint density at radius 3 is 2.72 bits per heavy atom. The molecule has 0 aliphatic carbocycles. The second kappa shape index (κ2) is 8.30. The lowest BCUT2D eigenvalue weighted by Gasteiger charge is -2.11. The molecule has 0 saturated heterocycles. The third-order valence-corrected chi connectivity index (χ3v) is 4.28. The van der Waals surface area contributed by atoms with Crippen LogP contribution in [0.1, 0.15) is 16.8 Å². The molecule has 0 radical (unpaired) electrons. The molecule has 1 aromatic heterocycles. The molecule has 6 heteroatoms. The van der Waals surface area contributed by atoms with Crippen LogP contribution in [0.15, 0.2) is 59.0 Å². The summed E-state index contributed by atoms with van der Waals surface area (Å²) in [6.07, 6.45) is 1.73. The quantitative estimate of drug-likeness (QED) is 0.502. The number of aryl methyl sites for hydroxylation is 1. The van der Waals surface area contributed by atoms with Crippen LogP contribution in [-0.4, -0.2) is 18.3 Å². The Balaban J connectivity index is 1.68. The van der Waals surface area contributed by atoms with E-state index in [0.29, 0.717) is 18.1 Å². The van der Waals surface area contributed by atoms with E-state index in [0.717, 1.165) is 22.0 Å². The minimum Gasteiger partial charge on any atom is -0.493 e. The Bertz CT molecular complexity index is 847. The maximum absolute atomic E-state index is 5.91. The van der Waals surface area contributed by atoms with Crippen molar-refractivity contribution in [3.8, 4) is 11.5 Å². The minimum atomic E-state index is 0.481. The van der Waals surface area contributed by atoms with Gasteiger partial charge in [0, 0.05) is 5.38 Å². The van der Waals surface area contributed by atoms with Gasteiger partial charge in [-0.15, -0.1) is 11.3 Å². The van der Waals surface area contributed by atoms with Gasteiger partial charge < -0.3 is 9.47 Å². The fraction of sp³-hybridized carbons (Fsp3) is 0.158. The Morgan fingerprint density at radius 1 is 1.16 bits per heavy atom. The highest BCUT2D eigenvalue weighted by Gasteiger charge is 2.06. The molecule has 0 amide bonds. The highest BCUT2D eigenvalue weighted by atomic mass is 32.1. The van der Waals surface area contributed by atoms with Gasteiger partial charge in [-0.1, -0.05) is 30.3 Å². The van der Waals surface area contributed by atoms with Gasteiger partial charge >= 0.3 is 0 Å². The maximum Gasteiger partial charge on any atom is 0.203 e. The first-order valence-corrected chi connectivity index (χ1v) is 8.68. The zero-order valence-corrected chi connectivity index (χ0v) is 14.9. The molecule has 0 unspecified atom stereocenters. The molecule has 2 aromatic carbocycles. The predicted octanol–water partition coefficient (Wildman–Crippen LogP) is 4.49. The van der Waals surface area contributed by atoms with Crippen LogP contribution in [0, 0.1) is 6.92 Å². The van der Waals surface area contributed by atoms with Crippen LogP contribution < -0.4 is 14.9 Å². The molecule has 1 N–H and O–H groups in total. The molecule has 25 heavy (non-hydrogen) atoms. The van der Waals surface area contributed by atoms with Gasteiger partial charge in [0.1, 0.15) is 6.61 Å². The summed E-state index contributed by atoms with van der Waals surface area (Å²) in [5, 5.41) is 6.96. The summed E-state index contributed by atoms with van der Waals surface area (Å²) in [5.41, 5.74) is 5.91. The van der Waals surface area contributed by atoms with Gasteiger partial charge in [0.25, 0.3) is 0 Å². The van der Waals surface area contributed by atoms with Crippen molar-refractivity contribution in [3.05, 3.63) is 70.7 Å². The molecule has 5 nitrogen and oxygen atoms in total. The number of hydrazone groups is 1. The van der Waals surface area contributed by atoms with E-state index >= 15 is 0 Å². The Kier molecular flexibility index (Phi) is 5.64. The monoisotopic (exact) mass is 353 g/mol. The van der Waals surface area contributed by atoms with Gasteiger partial charge in [0.2, 0.25) is 5.13 Å². The zero-order valence-electron chi connectivity index (χ0n) is 14.1. The smallest absolute Gasteiger partial charge is 0.203 e. The largest absolute Gasteiger partial charge is 0.493 e. The Morgan fingerprint density at radius 2 is 2.00 bits per heavy atom. The van der Waals surface area contributed by atoms with Crippen molar-refractivity contribution in [1.82, 2.24) is 4.98 Å². The zero-order chi connectivity index (χ0) is 17.5. The van der Waals surface area contributed by atoms with E-state index in [2.05, 4.69) is 15.5 Å². The standard InChI is InChI=1S/C19H19N3O2S/c1-14-13-25-19(21-14)22-20-11-16-8-9-17(23-2)18(10-16)24-12-15-6-4-3-5-7-15/h3-11,13H,12H2,1-2H3,(H,21,22). The number of methoxy groups -OCH3 is 1. The Hall–Kier alpha value is -2.86. The number of nitrogens with zero attached hydrogens (tertiary/aromatic N) is 2. The summed E-state index contributed by atoms with van der Waals surface area (Å²) in [5.74, 6) is 1.37. The number of thiazole rings is 1. The molecule has 0 bridgehead atoms. The van der Waals surface area contributed by atoms with Crippen LogP contribution in [0.5, 0.6) is 11.5 Å². The van der Waals surface area contributed by atoms with Crippen LogP contribution in [0.25, 0.3) is 0 Å². The van der Waals surface area contributed by atoms with Crippen LogP contribution in [-0.2, 0) is 6.61 Å². The van der Waals surface area contributed by atoms with Gasteiger partial charge in [-0.3, -0.25) is 5.43 Å². The molecule has 0 fully saturated rings. The lowest BCUT2D eigenvalue weighted by Crippen LogP contribution is -1.99. The molecule has 0 atom stereocenters. The third kappa shape index (κ3) is 4.81. The molecule has 0 aliphatic heterocycles. The van der Waals surface area contributed by atoms with Crippen molar-refractivity contribution in [2.45, 2.75) is 13.5 Å². The van der Waals surface area contributed by atoms with E-state index in [9.17, 15) is 0 Å². The first-order valence-electron chi connectivity index (χ1n) is 7.80. The van der Waals surface area contributed by atoms with Crippen LogP contribution in [0.4, 0.5) is 5.13 Å². The second-order valence-electron chi connectivity index (χ2n) is 5.35. The van der Waals surface area contributed by atoms with Crippen molar-refractivity contribution in [2.24, 2.45) is 5.10 Å². The van der Waals surface area contributed by atoms with Crippen molar-refractivity contribution in [3.63, 3.8) is 0 Å². The average molecular weight is 353 g/mol. The van der Waals surface area contributed by atoms with E-state index in [1.807, 2.05) is 60.8 Å². The molecular formula is C19H19N3O2S. The molecule has 1 heterocycles. The third-order valence-electron chi connectivity index (χ3n) is 3.42. The minimum absolute atomic E-state index is 0.481. The van der Waals surface area contributed by atoms with Crippen LogP contribution in [0.2, 0.25) is 0 Å². The van der Waals surface area contributed by atoms with E-state index in [1.165, 1.54) is 11.3 Å². The highest BCUT2D eigenvalue weighted by Crippen LogP contribution is 2.28. The molecule has 0 spiro atoms. The molecule has 3 rings (SSSR count). The Labute approximate surface area is 151 Å². The van der Waals surface area contributed by atoms with Gasteiger partial charge in [-0.25, -0.2) is 4.98 Å². The first kappa shape index (κ1) is 17.0. The van der Waals surface area contributed by atoms with E-state index < -0.39 is 0 Å². The molecule has 0 saturated carbocycles. The fourth-order valence-electron chi connectivity index (χ4n) is 2.19. The number of rotatable bonds is 7. The van der Waals surface area contributed by atoms with Gasteiger partial charge in [-0.05, 0) is 36.2 Å². The number of anilines is 1. The number of nitrogens with one attached hydrogen (secondary N) is 1. The fourth-order valence-corrected chi connectivity index (χ4v) is 2.83. The number of hydrogen-bond acceptors (Lipinski definition) is 6. The van der Waals surface area contributed by atoms with E-state index in [-0.39, 0.29) is 0 Å². The summed E-state index contributed by atoms with van der Waals surface area (Å²) in [7, 11) is 1.63. The van der Waals surface area contributed by atoms with Crippen LogP contribution in [0.3, 0.4) is 0 Å². The SMILES string of the molecule is COc1ccc(C=NNc2nc(C)cs2)cc1OCc1ccccc1. The topological polar surface area (TPSA) is 55.7 Å². The van der Waals surface area contributed by atoms with Crippen molar-refractivity contribution >= 4 is 22.7 Å².